The van der Waals surface area contributed by atoms with Gasteiger partial charge in [-0.3, -0.25) is 14.9 Å². The second-order valence-electron chi connectivity index (χ2n) is 3.98. The van der Waals surface area contributed by atoms with Crippen molar-refractivity contribution in [1.82, 2.24) is 4.98 Å². The maximum Gasteiger partial charge on any atom is 0.294 e. The van der Waals surface area contributed by atoms with E-state index in [-0.39, 0.29) is 11.2 Å². The summed E-state index contributed by atoms with van der Waals surface area (Å²) in [5.41, 5.74) is 0.568. The third-order valence-electron chi connectivity index (χ3n) is 2.81. The summed E-state index contributed by atoms with van der Waals surface area (Å²) in [4.78, 5) is 25.4. The third-order valence-corrected chi connectivity index (χ3v) is 3.99. The van der Waals surface area contributed by atoms with Gasteiger partial charge in [-0.25, -0.2) is 0 Å². The maximum absolute atomic E-state index is 11.7. The molecule has 0 aliphatic heterocycles. The Bertz CT molecular complexity index is 821. The minimum atomic E-state index is -0.486. The van der Waals surface area contributed by atoms with Crippen LogP contribution in [0.4, 0.5) is 5.69 Å². The highest BCUT2D eigenvalue weighted by Gasteiger charge is 2.17. The predicted molar refractivity (Wildman–Crippen MR) is 74.5 cm³/mol. The zero-order valence-electron chi connectivity index (χ0n) is 9.62. The molecule has 0 aliphatic carbocycles. The SMILES string of the molecule is O=c1[nH]cc([N+](=O)[O-])c2cc(-c3ccccc3)sc12. The Labute approximate surface area is 111 Å². The number of aromatic amines is 1. The van der Waals surface area contributed by atoms with Crippen LogP contribution in [0.15, 0.2) is 47.4 Å². The molecule has 0 saturated carbocycles. The lowest BCUT2D eigenvalue weighted by Gasteiger charge is -1.93. The second-order valence-corrected chi connectivity index (χ2v) is 5.03. The smallest absolute Gasteiger partial charge is 0.294 e. The van der Waals surface area contributed by atoms with Crippen LogP contribution in [0.3, 0.4) is 0 Å². The number of benzene rings is 1. The summed E-state index contributed by atoms with van der Waals surface area (Å²) >= 11 is 1.26. The van der Waals surface area contributed by atoms with E-state index in [2.05, 4.69) is 4.98 Å². The van der Waals surface area contributed by atoms with Gasteiger partial charge in [-0.2, -0.15) is 0 Å². The fourth-order valence-electron chi connectivity index (χ4n) is 1.92. The van der Waals surface area contributed by atoms with Gasteiger partial charge < -0.3 is 4.98 Å². The molecule has 3 rings (SSSR count). The first kappa shape index (κ1) is 11.6. The third kappa shape index (κ3) is 1.92. The minimum absolute atomic E-state index is 0.0759. The first-order valence-electron chi connectivity index (χ1n) is 5.52. The average Bonchev–Trinajstić information content (AvgIpc) is 2.85. The van der Waals surface area contributed by atoms with Crippen LogP contribution >= 0.6 is 11.3 Å². The number of nitrogens with one attached hydrogen (secondary N) is 1. The van der Waals surface area contributed by atoms with Gasteiger partial charge in [0.05, 0.1) is 16.5 Å². The van der Waals surface area contributed by atoms with Crippen LogP contribution in [0.1, 0.15) is 0 Å². The van der Waals surface area contributed by atoms with E-state index in [4.69, 9.17) is 0 Å². The van der Waals surface area contributed by atoms with Crippen molar-refractivity contribution in [1.29, 1.82) is 0 Å². The zero-order chi connectivity index (χ0) is 13.4. The topological polar surface area (TPSA) is 76.0 Å². The van der Waals surface area contributed by atoms with Gasteiger partial charge in [0.25, 0.3) is 11.2 Å². The molecular weight excluding hydrogens is 264 g/mol. The predicted octanol–water partition coefficient (Wildman–Crippen LogP) is 3.16. The van der Waals surface area contributed by atoms with Crippen LogP contribution in [0, 0.1) is 10.1 Å². The molecule has 19 heavy (non-hydrogen) atoms. The highest BCUT2D eigenvalue weighted by molar-refractivity contribution is 7.22. The fourth-order valence-corrected chi connectivity index (χ4v) is 3.00. The van der Waals surface area contributed by atoms with Gasteiger partial charge in [0, 0.05) is 4.88 Å². The zero-order valence-corrected chi connectivity index (χ0v) is 10.4. The molecule has 0 aliphatic rings. The van der Waals surface area contributed by atoms with Crippen LogP contribution in [0.2, 0.25) is 0 Å². The summed E-state index contributed by atoms with van der Waals surface area (Å²) in [6.07, 6.45) is 1.14. The molecule has 5 nitrogen and oxygen atoms in total. The number of nitro groups is 1. The van der Waals surface area contributed by atoms with Crippen molar-refractivity contribution in [2.75, 3.05) is 0 Å². The summed E-state index contributed by atoms with van der Waals surface area (Å²) in [6.45, 7) is 0. The number of thiophene rings is 1. The summed E-state index contributed by atoms with van der Waals surface area (Å²) in [6, 6.07) is 11.2. The van der Waals surface area contributed by atoms with Crippen LogP contribution in [-0.2, 0) is 0 Å². The molecule has 0 unspecified atom stereocenters. The minimum Gasteiger partial charge on any atom is -0.322 e. The monoisotopic (exact) mass is 272 g/mol. The van der Waals surface area contributed by atoms with Gasteiger partial charge in [0.1, 0.15) is 4.70 Å². The van der Waals surface area contributed by atoms with E-state index in [9.17, 15) is 14.9 Å². The number of aromatic nitrogens is 1. The van der Waals surface area contributed by atoms with E-state index >= 15 is 0 Å². The highest BCUT2D eigenvalue weighted by atomic mass is 32.1. The molecule has 1 N–H and O–H groups in total. The lowest BCUT2D eigenvalue weighted by Crippen LogP contribution is -2.04. The van der Waals surface area contributed by atoms with Gasteiger partial charge in [-0.1, -0.05) is 30.3 Å². The largest absolute Gasteiger partial charge is 0.322 e. The van der Waals surface area contributed by atoms with Crippen LogP contribution < -0.4 is 5.56 Å². The molecular formula is C13H8N2O3S. The van der Waals surface area contributed by atoms with Gasteiger partial charge in [-0.15, -0.1) is 11.3 Å². The van der Waals surface area contributed by atoms with E-state index in [1.165, 1.54) is 11.3 Å². The molecule has 1 aromatic carbocycles. The number of nitrogens with zero attached hydrogens (tertiary/aromatic N) is 1. The van der Waals surface area contributed by atoms with Crippen molar-refractivity contribution >= 4 is 27.1 Å². The van der Waals surface area contributed by atoms with Crippen molar-refractivity contribution in [3.05, 3.63) is 63.1 Å². The summed E-state index contributed by atoms with van der Waals surface area (Å²) in [5, 5.41) is 11.3. The Balaban J connectivity index is 2.32. The van der Waals surface area contributed by atoms with E-state index in [1.54, 1.807) is 6.07 Å². The maximum atomic E-state index is 11.7. The van der Waals surface area contributed by atoms with Gasteiger partial charge in [-0.05, 0) is 11.6 Å². The van der Waals surface area contributed by atoms with Crippen molar-refractivity contribution < 1.29 is 4.92 Å². The fraction of sp³-hybridized carbons (Fsp3) is 0. The van der Waals surface area contributed by atoms with Crippen LogP contribution in [0.5, 0.6) is 0 Å². The van der Waals surface area contributed by atoms with Gasteiger partial charge in [0.2, 0.25) is 0 Å². The molecule has 6 heteroatoms. The molecule has 0 atom stereocenters. The first-order chi connectivity index (χ1) is 9.16. The Hall–Kier alpha value is -2.47. The molecule has 0 fully saturated rings. The summed E-state index contributed by atoms with van der Waals surface area (Å²) in [7, 11) is 0. The molecule has 94 valence electrons. The van der Waals surface area contributed by atoms with Gasteiger partial charge >= 0.3 is 0 Å². The lowest BCUT2D eigenvalue weighted by molar-refractivity contribution is -0.383. The van der Waals surface area contributed by atoms with Crippen molar-refractivity contribution in [3.63, 3.8) is 0 Å². The van der Waals surface area contributed by atoms with E-state index in [0.717, 1.165) is 16.6 Å². The molecule has 0 saturated heterocycles. The average molecular weight is 272 g/mol. The highest BCUT2D eigenvalue weighted by Crippen LogP contribution is 2.35. The molecule has 2 heterocycles. The summed E-state index contributed by atoms with van der Waals surface area (Å²) in [5.74, 6) is 0. The van der Waals surface area contributed by atoms with E-state index in [1.807, 2.05) is 30.3 Å². The number of H-pyrrole nitrogens is 1. The lowest BCUT2D eigenvalue weighted by atomic mass is 10.1. The molecule has 0 amide bonds. The molecule has 0 spiro atoms. The Kier molecular flexibility index (Phi) is 2.64. The number of pyridine rings is 1. The van der Waals surface area contributed by atoms with Crippen LogP contribution in [0.25, 0.3) is 20.5 Å². The summed E-state index contributed by atoms with van der Waals surface area (Å²) < 4.78 is 0.382. The Morgan fingerprint density at radius 3 is 2.63 bits per heavy atom. The van der Waals surface area contributed by atoms with E-state index in [0.29, 0.717) is 10.1 Å². The first-order valence-corrected chi connectivity index (χ1v) is 6.33. The second kappa shape index (κ2) is 4.33. The molecule has 2 aromatic heterocycles. The number of hydrogen-bond donors (Lipinski definition) is 1. The Morgan fingerprint density at radius 1 is 1.21 bits per heavy atom. The number of hydrogen-bond acceptors (Lipinski definition) is 4. The molecule has 0 radical (unpaired) electrons. The normalized spacial score (nSPS) is 10.7. The standard InChI is InChI=1S/C13H8N2O3S/c16-13-12-9(10(7-14-13)15(17)18)6-11(19-12)8-4-2-1-3-5-8/h1-7H,(H,14,16). The van der Waals surface area contributed by atoms with Crippen molar-refractivity contribution in [2.45, 2.75) is 0 Å². The van der Waals surface area contributed by atoms with Gasteiger partial charge in [0.15, 0.2) is 0 Å². The quantitative estimate of drug-likeness (QED) is 0.575. The van der Waals surface area contributed by atoms with E-state index < -0.39 is 4.92 Å². The Morgan fingerprint density at radius 2 is 1.95 bits per heavy atom. The number of rotatable bonds is 2. The van der Waals surface area contributed by atoms with Crippen molar-refractivity contribution in [3.8, 4) is 10.4 Å². The number of fused-ring (bicyclic) bond motifs is 1. The molecule has 3 aromatic rings. The van der Waals surface area contributed by atoms with Crippen molar-refractivity contribution in [2.24, 2.45) is 0 Å². The van der Waals surface area contributed by atoms with Crippen LogP contribution in [-0.4, -0.2) is 9.91 Å². The molecule has 0 bridgehead atoms.